The molecule has 0 spiro atoms. The van der Waals surface area contributed by atoms with Gasteiger partial charge in [0.25, 0.3) is 0 Å². The fourth-order valence-electron chi connectivity index (χ4n) is 1.86. The molecule has 1 atom stereocenters. The minimum absolute atomic E-state index is 0.677. The first-order valence-electron chi connectivity index (χ1n) is 4.48. The van der Waals surface area contributed by atoms with Gasteiger partial charge in [-0.15, -0.1) is 0 Å². The van der Waals surface area contributed by atoms with Gasteiger partial charge in [0, 0.05) is 12.6 Å². The fraction of sp³-hybridized carbons (Fsp3) is 0.600. The Morgan fingerprint density at radius 1 is 1.27 bits per heavy atom. The topological polar surface area (TPSA) is 12.0 Å². The van der Waals surface area contributed by atoms with Crippen molar-refractivity contribution in [1.29, 1.82) is 0 Å². The standard InChI is InChI=1S/C10H15N/c1-8-6-9-4-2-3-5-10(9)7-11-8/h4-5,8,11H,2-3,6-7H2,1H3. The van der Waals surface area contributed by atoms with Gasteiger partial charge in [-0.1, -0.05) is 12.2 Å². The first kappa shape index (κ1) is 7.11. The molecule has 1 nitrogen and oxygen atoms in total. The predicted molar refractivity (Wildman–Crippen MR) is 47.5 cm³/mol. The Bertz CT molecular complexity index is 213. The number of hydrogen-bond acceptors (Lipinski definition) is 1. The van der Waals surface area contributed by atoms with E-state index in [0.717, 1.165) is 6.54 Å². The van der Waals surface area contributed by atoms with Crippen LogP contribution in [-0.4, -0.2) is 12.6 Å². The zero-order chi connectivity index (χ0) is 7.68. The molecule has 1 N–H and O–H groups in total. The molecule has 1 unspecified atom stereocenters. The summed E-state index contributed by atoms with van der Waals surface area (Å²) in [4.78, 5) is 0. The van der Waals surface area contributed by atoms with Gasteiger partial charge in [0.1, 0.15) is 0 Å². The number of piperidine rings is 1. The van der Waals surface area contributed by atoms with Crippen molar-refractivity contribution < 1.29 is 0 Å². The maximum Gasteiger partial charge on any atom is 0.0207 e. The van der Waals surface area contributed by atoms with Gasteiger partial charge >= 0.3 is 0 Å². The van der Waals surface area contributed by atoms with E-state index in [1.165, 1.54) is 19.3 Å². The third-order valence-electron chi connectivity index (χ3n) is 2.53. The summed E-state index contributed by atoms with van der Waals surface area (Å²) in [5, 5.41) is 3.47. The summed E-state index contributed by atoms with van der Waals surface area (Å²) < 4.78 is 0. The number of nitrogens with one attached hydrogen (secondary N) is 1. The normalized spacial score (nSPS) is 30.5. The highest BCUT2D eigenvalue weighted by atomic mass is 14.9. The van der Waals surface area contributed by atoms with E-state index in [2.05, 4.69) is 24.4 Å². The largest absolute Gasteiger partial charge is 0.310 e. The van der Waals surface area contributed by atoms with Crippen molar-refractivity contribution in [1.82, 2.24) is 5.32 Å². The lowest BCUT2D eigenvalue weighted by molar-refractivity contribution is 0.535. The third kappa shape index (κ3) is 1.38. The Kier molecular flexibility index (Phi) is 1.82. The number of fused-ring (bicyclic) bond motifs is 1. The second kappa shape index (κ2) is 2.82. The molecule has 1 aliphatic heterocycles. The molecule has 0 aromatic heterocycles. The molecule has 0 aromatic carbocycles. The Morgan fingerprint density at radius 3 is 2.82 bits per heavy atom. The van der Waals surface area contributed by atoms with Crippen LogP contribution in [0.1, 0.15) is 26.2 Å². The van der Waals surface area contributed by atoms with Crippen LogP contribution >= 0.6 is 0 Å². The fourth-order valence-corrected chi connectivity index (χ4v) is 1.86. The van der Waals surface area contributed by atoms with Crippen LogP contribution in [0.15, 0.2) is 23.3 Å². The highest BCUT2D eigenvalue weighted by molar-refractivity contribution is 5.37. The molecule has 60 valence electrons. The van der Waals surface area contributed by atoms with Gasteiger partial charge in [0.2, 0.25) is 0 Å². The highest BCUT2D eigenvalue weighted by Crippen LogP contribution is 2.25. The van der Waals surface area contributed by atoms with Crippen LogP contribution in [0.4, 0.5) is 0 Å². The van der Waals surface area contributed by atoms with E-state index in [9.17, 15) is 0 Å². The molecule has 0 radical (unpaired) electrons. The summed E-state index contributed by atoms with van der Waals surface area (Å²) in [6.45, 7) is 3.35. The minimum Gasteiger partial charge on any atom is -0.310 e. The quantitative estimate of drug-likeness (QED) is 0.555. The van der Waals surface area contributed by atoms with E-state index in [1.54, 1.807) is 11.1 Å². The van der Waals surface area contributed by atoms with Gasteiger partial charge in [-0.05, 0) is 37.3 Å². The maximum atomic E-state index is 3.47. The second-order valence-corrected chi connectivity index (χ2v) is 3.52. The summed E-state index contributed by atoms with van der Waals surface area (Å²) in [5.41, 5.74) is 3.15. The molecule has 1 heteroatoms. The van der Waals surface area contributed by atoms with Crippen molar-refractivity contribution in [3.8, 4) is 0 Å². The van der Waals surface area contributed by atoms with Crippen LogP contribution < -0.4 is 5.32 Å². The van der Waals surface area contributed by atoms with Gasteiger partial charge in [0.05, 0.1) is 0 Å². The van der Waals surface area contributed by atoms with Crippen molar-refractivity contribution in [3.63, 3.8) is 0 Å². The second-order valence-electron chi connectivity index (χ2n) is 3.52. The zero-order valence-corrected chi connectivity index (χ0v) is 7.06. The van der Waals surface area contributed by atoms with Crippen LogP contribution in [0.5, 0.6) is 0 Å². The number of rotatable bonds is 0. The van der Waals surface area contributed by atoms with Crippen molar-refractivity contribution >= 4 is 0 Å². The van der Waals surface area contributed by atoms with Crippen LogP contribution in [0, 0.1) is 0 Å². The van der Waals surface area contributed by atoms with E-state index in [1.807, 2.05) is 0 Å². The third-order valence-corrected chi connectivity index (χ3v) is 2.53. The van der Waals surface area contributed by atoms with Gasteiger partial charge in [-0.2, -0.15) is 0 Å². The molecule has 0 amide bonds. The van der Waals surface area contributed by atoms with Crippen molar-refractivity contribution in [2.24, 2.45) is 0 Å². The number of hydrogen-bond donors (Lipinski definition) is 1. The Balaban J connectivity index is 2.16. The lowest BCUT2D eigenvalue weighted by Crippen LogP contribution is -2.34. The Hall–Kier alpha value is -0.560. The van der Waals surface area contributed by atoms with E-state index >= 15 is 0 Å². The lowest BCUT2D eigenvalue weighted by atomic mass is 9.90. The molecular weight excluding hydrogens is 134 g/mol. The van der Waals surface area contributed by atoms with Crippen molar-refractivity contribution in [2.75, 3.05) is 6.54 Å². The lowest BCUT2D eigenvalue weighted by Gasteiger charge is -2.27. The van der Waals surface area contributed by atoms with Crippen molar-refractivity contribution in [2.45, 2.75) is 32.2 Å². The average molecular weight is 149 g/mol. The minimum atomic E-state index is 0.677. The van der Waals surface area contributed by atoms with Gasteiger partial charge in [-0.3, -0.25) is 0 Å². The summed E-state index contributed by atoms with van der Waals surface area (Å²) in [6, 6.07) is 0.677. The van der Waals surface area contributed by atoms with Gasteiger partial charge in [0.15, 0.2) is 0 Å². The first-order chi connectivity index (χ1) is 5.36. The van der Waals surface area contributed by atoms with E-state index in [0.29, 0.717) is 6.04 Å². The monoisotopic (exact) mass is 149 g/mol. The van der Waals surface area contributed by atoms with Gasteiger partial charge < -0.3 is 5.32 Å². The van der Waals surface area contributed by atoms with E-state index < -0.39 is 0 Å². The smallest absolute Gasteiger partial charge is 0.0207 e. The average Bonchev–Trinajstić information content (AvgIpc) is 2.04. The van der Waals surface area contributed by atoms with Crippen molar-refractivity contribution in [3.05, 3.63) is 23.3 Å². The van der Waals surface area contributed by atoms with Crippen LogP contribution in [0.3, 0.4) is 0 Å². The molecular formula is C10H15N. The summed E-state index contributed by atoms with van der Waals surface area (Å²) in [7, 11) is 0. The Morgan fingerprint density at radius 2 is 2.00 bits per heavy atom. The molecule has 0 saturated carbocycles. The molecule has 0 aromatic rings. The first-order valence-corrected chi connectivity index (χ1v) is 4.48. The van der Waals surface area contributed by atoms with Crippen LogP contribution in [-0.2, 0) is 0 Å². The summed E-state index contributed by atoms with van der Waals surface area (Å²) >= 11 is 0. The Labute approximate surface area is 68.2 Å². The number of allylic oxidation sites excluding steroid dienone is 2. The van der Waals surface area contributed by atoms with E-state index in [4.69, 9.17) is 0 Å². The summed E-state index contributed by atoms with van der Waals surface area (Å²) in [5.74, 6) is 0. The molecule has 1 saturated heterocycles. The van der Waals surface area contributed by atoms with Crippen LogP contribution in [0.25, 0.3) is 0 Å². The highest BCUT2D eigenvalue weighted by Gasteiger charge is 2.17. The molecule has 1 fully saturated rings. The molecule has 0 bridgehead atoms. The molecule has 11 heavy (non-hydrogen) atoms. The molecule has 1 heterocycles. The van der Waals surface area contributed by atoms with E-state index in [-0.39, 0.29) is 0 Å². The SMILES string of the molecule is CC1CC2=CCCC=C2CN1. The zero-order valence-electron chi connectivity index (χ0n) is 7.06. The molecule has 2 aliphatic rings. The summed E-state index contributed by atoms with van der Waals surface area (Å²) in [6.07, 6.45) is 8.52. The van der Waals surface area contributed by atoms with Gasteiger partial charge in [-0.25, -0.2) is 0 Å². The molecule has 2 rings (SSSR count). The predicted octanol–water partition coefficient (Wildman–Crippen LogP) is 2.01. The maximum absolute atomic E-state index is 3.47. The molecule has 1 aliphatic carbocycles. The van der Waals surface area contributed by atoms with Crippen LogP contribution in [0.2, 0.25) is 0 Å².